The molecule has 1 atom stereocenters. The molecule has 4 aromatic carbocycles. The number of hydrogen-bond donors (Lipinski definition) is 0. The smallest absolute Gasteiger partial charge is 0.0440 e. The van der Waals surface area contributed by atoms with Crippen LogP contribution < -0.4 is 4.90 Å². The lowest BCUT2D eigenvalue weighted by Gasteiger charge is -2.20. The van der Waals surface area contributed by atoms with Crippen molar-refractivity contribution in [3.8, 4) is 33.4 Å². The van der Waals surface area contributed by atoms with E-state index in [0.717, 1.165) is 0 Å². The van der Waals surface area contributed by atoms with Crippen molar-refractivity contribution < 1.29 is 0 Å². The molecule has 28 heavy (non-hydrogen) atoms. The van der Waals surface area contributed by atoms with E-state index in [1.54, 1.807) is 0 Å². The Morgan fingerprint density at radius 1 is 0.429 bits per heavy atom. The van der Waals surface area contributed by atoms with E-state index >= 15 is 0 Å². The maximum atomic E-state index is 2.23. The highest BCUT2D eigenvalue weighted by molar-refractivity contribution is 6.92. The van der Waals surface area contributed by atoms with Gasteiger partial charge in [0.05, 0.1) is 0 Å². The van der Waals surface area contributed by atoms with Crippen molar-refractivity contribution in [2.45, 2.75) is 0 Å². The quantitative estimate of drug-likeness (QED) is 0.350. The first-order valence-electron chi connectivity index (χ1n) is 9.26. The molecule has 0 radical (unpaired) electrons. The van der Waals surface area contributed by atoms with E-state index in [0.29, 0.717) is 0 Å². The van der Waals surface area contributed by atoms with Crippen LogP contribution in [0.15, 0.2) is 103 Å². The number of anilines is 1. The summed E-state index contributed by atoms with van der Waals surface area (Å²) in [4.78, 5) is 2.18. The highest BCUT2D eigenvalue weighted by Gasteiger charge is 2.14. The van der Waals surface area contributed by atoms with Crippen molar-refractivity contribution in [2.24, 2.45) is 0 Å². The summed E-state index contributed by atoms with van der Waals surface area (Å²) in [7, 11) is 4.19. The second-order valence-electron chi connectivity index (χ2n) is 6.87. The van der Waals surface area contributed by atoms with E-state index in [1.165, 1.54) is 39.1 Å². The fourth-order valence-corrected chi connectivity index (χ4v) is 3.63. The van der Waals surface area contributed by atoms with Crippen molar-refractivity contribution in [3.05, 3.63) is 103 Å². The molecule has 0 amide bonds. The van der Waals surface area contributed by atoms with Gasteiger partial charge in [0.25, 0.3) is 0 Å². The molecule has 0 heterocycles. The van der Waals surface area contributed by atoms with Crippen molar-refractivity contribution >= 4 is 15.6 Å². The van der Waals surface area contributed by atoms with Gasteiger partial charge in [-0.1, -0.05) is 97.1 Å². The summed E-state index contributed by atoms with van der Waals surface area (Å²) in [5, 5.41) is 0. The van der Waals surface area contributed by atoms with Gasteiger partial charge in [-0.15, -0.1) is 0 Å². The van der Waals surface area contributed by atoms with Gasteiger partial charge in [-0.05, 0) is 33.9 Å². The van der Waals surface area contributed by atoms with Gasteiger partial charge in [0.1, 0.15) is 0 Å². The summed E-state index contributed by atoms with van der Waals surface area (Å²) in [5.41, 5.74) is 8.74. The van der Waals surface area contributed by atoms with E-state index < -0.39 is 0 Å². The van der Waals surface area contributed by atoms with Gasteiger partial charge in [-0.25, -0.2) is 0 Å². The standard InChI is InChI=1S/C26H23N.H3P/c1-27(2)26-19-11-10-18-25(26)24-17-9-8-16-23(24)22-15-7-6-14-21(22)20-12-4-3-5-13-20;/h3-19H,1-2H3;1H3. The number of rotatable bonds is 4. The lowest BCUT2D eigenvalue weighted by atomic mass is 9.89. The van der Waals surface area contributed by atoms with Crippen molar-refractivity contribution in [1.82, 2.24) is 0 Å². The fraction of sp³-hybridized carbons (Fsp3) is 0.0769. The number of hydrogen-bond acceptors (Lipinski definition) is 1. The monoisotopic (exact) mass is 383 g/mol. The molecule has 0 fully saturated rings. The van der Waals surface area contributed by atoms with Crippen LogP contribution >= 0.6 is 9.90 Å². The molecule has 0 spiro atoms. The van der Waals surface area contributed by atoms with Gasteiger partial charge in [0, 0.05) is 25.3 Å². The van der Waals surface area contributed by atoms with Gasteiger partial charge in [-0.2, -0.15) is 9.90 Å². The van der Waals surface area contributed by atoms with Gasteiger partial charge in [-0.3, -0.25) is 0 Å². The Morgan fingerprint density at radius 2 is 0.821 bits per heavy atom. The van der Waals surface area contributed by atoms with Gasteiger partial charge < -0.3 is 4.90 Å². The maximum absolute atomic E-state index is 2.23. The molecule has 4 rings (SSSR count). The Balaban J connectivity index is 0.00000225. The van der Waals surface area contributed by atoms with E-state index in [9.17, 15) is 0 Å². The maximum Gasteiger partial charge on any atom is 0.0440 e. The zero-order valence-corrected chi connectivity index (χ0v) is 17.9. The average Bonchev–Trinajstić information content (AvgIpc) is 2.74. The van der Waals surface area contributed by atoms with Crippen LogP contribution in [0.1, 0.15) is 0 Å². The predicted molar refractivity (Wildman–Crippen MR) is 128 cm³/mol. The normalized spacial score (nSPS) is 10.2. The minimum atomic E-state index is 0. The minimum Gasteiger partial charge on any atom is -0.377 e. The fourth-order valence-electron chi connectivity index (χ4n) is 3.63. The van der Waals surface area contributed by atoms with Gasteiger partial charge in [0.15, 0.2) is 0 Å². The molecule has 0 N–H and O–H groups in total. The Hall–Kier alpha value is -2.89. The third-order valence-electron chi connectivity index (χ3n) is 4.91. The van der Waals surface area contributed by atoms with Gasteiger partial charge >= 0.3 is 0 Å². The Kier molecular flexibility index (Phi) is 6.29. The molecule has 4 aromatic rings. The predicted octanol–water partition coefficient (Wildman–Crippen LogP) is 6.81. The summed E-state index contributed by atoms with van der Waals surface area (Å²) in [6.07, 6.45) is 0. The largest absolute Gasteiger partial charge is 0.377 e. The SMILES string of the molecule is CN(C)c1ccccc1-c1ccccc1-c1ccccc1-c1ccccc1.P. The lowest BCUT2D eigenvalue weighted by molar-refractivity contribution is 1.13. The summed E-state index contributed by atoms with van der Waals surface area (Å²) in [6.45, 7) is 0. The number of benzene rings is 4. The summed E-state index contributed by atoms with van der Waals surface area (Å²) >= 11 is 0. The molecule has 0 saturated carbocycles. The molecular weight excluding hydrogens is 357 g/mol. The molecule has 0 aliphatic rings. The lowest BCUT2D eigenvalue weighted by Crippen LogP contribution is -2.09. The van der Waals surface area contributed by atoms with Crippen LogP contribution in [0.25, 0.3) is 33.4 Å². The van der Waals surface area contributed by atoms with Crippen LogP contribution in [-0.2, 0) is 0 Å². The first kappa shape index (κ1) is 19.9. The van der Waals surface area contributed by atoms with Gasteiger partial charge in [0.2, 0.25) is 0 Å². The molecule has 1 nitrogen and oxygen atoms in total. The summed E-state index contributed by atoms with van der Waals surface area (Å²) < 4.78 is 0. The second kappa shape index (κ2) is 8.87. The zero-order chi connectivity index (χ0) is 18.6. The highest BCUT2D eigenvalue weighted by Crippen LogP contribution is 2.40. The summed E-state index contributed by atoms with van der Waals surface area (Å²) in [6, 6.07) is 36.6. The third-order valence-corrected chi connectivity index (χ3v) is 4.91. The number of nitrogens with zero attached hydrogens (tertiary/aromatic N) is 1. The highest BCUT2D eigenvalue weighted by atomic mass is 31.0. The molecule has 0 aliphatic carbocycles. The van der Waals surface area contributed by atoms with Crippen LogP contribution in [-0.4, -0.2) is 14.1 Å². The van der Waals surface area contributed by atoms with E-state index in [1.807, 2.05) is 0 Å². The topological polar surface area (TPSA) is 3.24 Å². The first-order chi connectivity index (χ1) is 13.3. The number of para-hydroxylation sites is 1. The molecule has 0 aromatic heterocycles. The van der Waals surface area contributed by atoms with Crippen molar-refractivity contribution in [1.29, 1.82) is 0 Å². The van der Waals surface area contributed by atoms with Crippen molar-refractivity contribution in [2.75, 3.05) is 19.0 Å². The summed E-state index contributed by atoms with van der Waals surface area (Å²) in [5.74, 6) is 0. The molecule has 140 valence electrons. The van der Waals surface area contributed by atoms with Crippen LogP contribution in [0, 0.1) is 0 Å². The first-order valence-corrected chi connectivity index (χ1v) is 9.26. The molecule has 0 aliphatic heterocycles. The minimum absolute atomic E-state index is 0. The van der Waals surface area contributed by atoms with Crippen LogP contribution in [0.4, 0.5) is 5.69 Å². The second-order valence-corrected chi connectivity index (χ2v) is 6.87. The van der Waals surface area contributed by atoms with E-state index in [2.05, 4.69) is 122 Å². The molecule has 2 heteroatoms. The molecular formula is C26H26NP. The molecule has 0 bridgehead atoms. The molecule has 1 unspecified atom stereocenters. The third kappa shape index (κ3) is 3.86. The Morgan fingerprint density at radius 3 is 1.39 bits per heavy atom. The molecule has 0 saturated heterocycles. The van der Waals surface area contributed by atoms with Crippen LogP contribution in [0.5, 0.6) is 0 Å². The van der Waals surface area contributed by atoms with E-state index in [4.69, 9.17) is 0 Å². The van der Waals surface area contributed by atoms with E-state index in [-0.39, 0.29) is 9.90 Å². The van der Waals surface area contributed by atoms with Crippen LogP contribution in [0.2, 0.25) is 0 Å². The van der Waals surface area contributed by atoms with Crippen molar-refractivity contribution in [3.63, 3.8) is 0 Å². The Labute approximate surface area is 171 Å². The average molecular weight is 383 g/mol. The Bertz CT molecular complexity index is 1050. The van der Waals surface area contributed by atoms with Crippen LogP contribution in [0.3, 0.4) is 0 Å². The zero-order valence-electron chi connectivity index (χ0n) is 16.5.